The van der Waals surface area contributed by atoms with Crippen molar-refractivity contribution in [1.82, 2.24) is 0 Å². The van der Waals surface area contributed by atoms with Crippen molar-refractivity contribution in [1.29, 1.82) is 10.5 Å². The van der Waals surface area contributed by atoms with Gasteiger partial charge in [0.15, 0.2) is 0 Å². The highest BCUT2D eigenvalue weighted by atomic mass is 16.5. The average Bonchev–Trinajstić information content (AvgIpc) is 2.83. The van der Waals surface area contributed by atoms with Crippen LogP contribution in [0, 0.1) is 22.7 Å². The molecule has 1 aliphatic heterocycles. The van der Waals surface area contributed by atoms with E-state index >= 15 is 0 Å². The third-order valence-electron chi connectivity index (χ3n) is 5.12. The van der Waals surface area contributed by atoms with Crippen LogP contribution in [0.1, 0.15) is 29.5 Å². The minimum absolute atomic E-state index is 0.0300. The Bertz CT molecular complexity index is 1210. The third-order valence-corrected chi connectivity index (χ3v) is 5.12. The molecule has 0 unspecified atom stereocenters. The molecule has 150 valence electrons. The normalized spacial score (nSPS) is 14.5. The van der Waals surface area contributed by atoms with Gasteiger partial charge in [0.2, 0.25) is 0 Å². The number of nitriles is 2. The molecule has 0 fully saturated rings. The number of fused-ring (bicyclic) bond motifs is 1. The molecule has 4 nitrogen and oxygen atoms in total. The van der Waals surface area contributed by atoms with Crippen LogP contribution in [0.2, 0.25) is 0 Å². The molecule has 0 saturated heterocycles. The molecule has 3 aromatic rings. The van der Waals surface area contributed by atoms with Gasteiger partial charge in [-0.25, -0.2) is 0 Å². The first-order valence-electron chi connectivity index (χ1n) is 10.1. The lowest BCUT2D eigenvalue weighted by Gasteiger charge is -2.30. The van der Waals surface area contributed by atoms with Gasteiger partial charge in [0.25, 0.3) is 0 Å². The Morgan fingerprint density at radius 1 is 0.935 bits per heavy atom. The lowest BCUT2D eigenvalue weighted by molar-refractivity contribution is 0.340. The molecule has 0 aliphatic carbocycles. The lowest BCUT2D eigenvalue weighted by Crippen LogP contribution is -2.16. The van der Waals surface area contributed by atoms with Gasteiger partial charge in [-0.05, 0) is 48.9 Å². The highest BCUT2D eigenvalue weighted by Crippen LogP contribution is 2.46. The summed E-state index contributed by atoms with van der Waals surface area (Å²) in [5.41, 5.74) is 3.70. The number of benzene rings is 3. The van der Waals surface area contributed by atoms with Crippen LogP contribution < -0.4 is 9.47 Å². The van der Waals surface area contributed by atoms with Crippen molar-refractivity contribution in [2.45, 2.75) is 12.8 Å². The van der Waals surface area contributed by atoms with Crippen molar-refractivity contribution in [3.63, 3.8) is 0 Å². The molecule has 0 radical (unpaired) electrons. The molecule has 1 atom stereocenters. The van der Waals surface area contributed by atoms with Gasteiger partial charge in [-0.15, -0.1) is 0 Å². The fourth-order valence-corrected chi connectivity index (χ4v) is 3.77. The van der Waals surface area contributed by atoms with Gasteiger partial charge in [-0.3, -0.25) is 0 Å². The van der Waals surface area contributed by atoms with E-state index in [2.05, 4.69) is 12.1 Å². The maximum atomic E-state index is 9.44. The van der Waals surface area contributed by atoms with Crippen molar-refractivity contribution in [3.05, 3.63) is 113 Å². The van der Waals surface area contributed by atoms with Crippen molar-refractivity contribution < 1.29 is 9.47 Å². The quantitative estimate of drug-likeness (QED) is 0.490. The van der Waals surface area contributed by atoms with E-state index in [1.807, 2.05) is 85.8 Å². The smallest absolute Gasteiger partial charge is 0.138 e. The monoisotopic (exact) mass is 404 g/mol. The first-order valence-corrected chi connectivity index (χ1v) is 10.1. The average molecular weight is 404 g/mol. The molecule has 31 heavy (non-hydrogen) atoms. The second kappa shape index (κ2) is 9.03. The van der Waals surface area contributed by atoms with Crippen LogP contribution in [0.3, 0.4) is 0 Å². The highest BCUT2D eigenvalue weighted by Gasteiger charge is 2.30. The van der Waals surface area contributed by atoms with Crippen molar-refractivity contribution in [2.75, 3.05) is 6.61 Å². The molecule has 3 aromatic carbocycles. The summed E-state index contributed by atoms with van der Waals surface area (Å²) < 4.78 is 11.9. The largest absolute Gasteiger partial charge is 0.494 e. The SMILES string of the molecule is CCOc1ccc(C2=C(C=C(C#N)C#N)[C@H](c3ccccc3)c3ccccc3O2)cc1. The second-order valence-electron chi connectivity index (χ2n) is 7.01. The summed E-state index contributed by atoms with van der Waals surface area (Å²) in [7, 11) is 0. The maximum absolute atomic E-state index is 9.44. The van der Waals surface area contributed by atoms with Gasteiger partial charge in [0.05, 0.1) is 6.61 Å². The predicted octanol–water partition coefficient (Wildman–Crippen LogP) is 5.99. The molecular weight excluding hydrogens is 384 g/mol. The maximum Gasteiger partial charge on any atom is 0.138 e. The number of allylic oxidation sites excluding steroid dienone is 3. The number of hydrogen-bond acceptors (Lipinski definition) is 4. The second-order valence-corrected chi connectivity index (χ2v) is 7.01. The molecule has 1 heterocycles. The summed E-state index contributed by atoms with van der Waals surface area (Å²) in [4.78, 5) is 0. The zero-order chi connectivity index (χ0) is 21.6. The third kappa shape index (κ3) is 4.06. The van der Waals surface area contributed by atoms with Gasteiger partial charge in [-0.1, -0.05) is 48.5 Å². The Morgan fingerprint density at radius 2 is 1.61 bits per heavy atom. The highest BCUT2D eigenvalue weighted by molar-refractivity contribution is 5.75. The van der Waals surface area contributed by atoms with Gasteiger partial charge >= 0.3 is 0 Å². The van der Waals surface area contributed by atoms with Gasteiger partial charge < -0.3 is 9.47 Å². The standard InChI is InChI=1S/C27H20N2O2/c1-2-30-22-14-12-21(13-15-22)27-24(16-19(17-28)18-29)26(20-8-4-3-5-9-20)23-10-6-7-11-25(23)31-27/h3-16,26H,2H2,1H3/t26-/m1/s1. The molecular formula is C27H20N2O2. The summed E-state index contributed by atoms with van der Waals surface area (Å²) in [6.07, 6.45) is 1.64. The minimum Gasteiger partial charge on any atom is -0.494 e. The Morgan fingerprint density at radius 3 is 2.29 bits per heavy atom. The summed E-state index contributed by atoms with van der Waals surface area (Å²) in [5, 5.41) is 18.9. The molecule has 0 saturated carbocycles. The van der Waals surface area contributed by atoms with Crippen LogP contribution in [0.15, 0.2) is 96.1 Å². The molecule has 0 N–H and O–H groups in total. The number of nitrogens with zero attached hydrogens (tertiary/aromatic N) is 2. The van der Waals surface area contributed by atoms with Crippen molar-refractivity contribution in [2.24, 2.45) is 0 Å². The van der Waals surface area contributed by atoms with E-state index in [4.69, 9.17) is 9.47 Å². The van der Waals surface area contributed by atoms with Crippen LogP contribution in [0.5, 0.6) is 11.5 Å². The zero-order valence-electron chi connectivity index (χ0n) is 17.1. The van der Waals surface area contributed by atoms with Crippen LogP contribution in [0.4, 0.5) is 0 Å². The van der Waals surface area contributed by atoms with E-state index in [9.17, 15) is 10.5 Å². The molecule has 4 rings (SSSR count). The first kappa shape index (κ1) is 20.0. The Balaban J connectivity index is 1.97. The van der Waals surface area contributed by atoms with E-state index < -0.39 is 0 Å². The zero-order valence-corrected chi connectivity index (χ0v) is 17.1. The molecule has 0 bridgehead atoms. The first-order chi connectivity index (χ1) is 15.2. The fourth-order valence-electron chi connectivity index (χ4n) is 3.77. The molecule has 0 amide bonds. The van der Waals surface area contributed by atoms with E-state index in [0.717, 1.165) is 33.8 Å². The summed E-state index contributed by atoms with van der Waals surface area (Å²) in [6, 6.07) is 29.5. The van der Waals surface area contributed by atoms with E-state index in [1.165, 1.54) is 0 Å². The van der Waals surface area contributed by atoms with Gasteiger partial charge in [0, 0.05) is 22.6 Å². The number of para-hydroxylation sites is 1. The summed E-state index contributed by atoms with van der Waals surface area (Å²) in [6.45, 7) is 2.53. The van der Waals surface area contributed by atoms with E-state index in [-0.39, 0.29) is 11.5 Å². The van der Waals surface area contributed by atoms with Crippen LogP contribution in [-0.2, 0) is 0 Å². The molecule has 4 heteroatoms. The number of ether oxygens (including phenoxy) is 2. The van der Waals surface area contributed by atoms with Gasteiger partial charge in [-0.2, -0.15) is 10.5 Å². The Kier molecular flexibility index (Phi) is 5.83. The Labute approximate surface area is 181 Å². The molecule has 0 aromatic heterocycles. The lowest BCUT2D eigenvalue weighted by atomic mass is 9.80. The van der Waals surface area contributed by atoms with E-state index in [1.54, 1.807) is 6.08 Å². The minimum atomic E-state index is -0.176. The van der Waals surface area contributed by atoms with Crippen molar-refractivity contribution >= 4 is 5.76 Å². The number of rotatable bonds is 5. The van der Waals surface area contributed by atoms with Crippen LogP contribution >= 0.6 is 0 Å². The summed E-state index contributed by atoms with van der Waals surface area (Å²) >= 11 is 0. The van der Waals surface area contributed by atoms with E-state index in [0.29, 0.717) is 12.4 Å². The topological polar surface area (TPSA) is 66.0 Å². The van der Waals surface area contributed by atoms with Crippen LogP contribution in [-0.4, -0.2) is 6.61 Å². The Hall–Kier alpha value is -4.28. The molecule has 1 aliphatic rings. The number of hydrogen-bond donors (Lipinski definition) is 0. The van der Waals surface area contributed by atoms with Crippen molar-refractivity contribution in [3.8, 4) is 23.6 Å². The predicted molar refractivity (Wildman–Crippen MR) is 119 cm³/mol. The fraction of sp³-hybridized carbons (Fsp3) is 0.111. The molecule has 0 spiro atoms. The van der Waals surface area contributed by atoms with Crippen LogP contribution in [0.25, 0.3) is 5.76 Å². The van der Waals surface area contributed by atoms with Gasteiger partial charge in [0.1, 0.15) is 35.0 Å². The summed E-state index contributed by atoms with van der Waals surface area (Å²) in [5.74, 6) is 1.98.